The molecule has 1 aromatic heterocycles. The first-order valence-electron chi connectivity index (χ1n) is 5.89. The van der Waals surface area contributed by atoms with E-state index in [1.54, 1.807) is 18.2 Å². The summed E-state index contributed by atoms with van der Waals surface area (Å²) in [6.07, 6.45) is 1.08. The number of nitrogen functional groups attached to an aromatic ring is 1. The minimum Gasteiger partial charge on any atom is -0.428 e. The highest BCUT2D eigenvalue weighted by Crippen LogP contribution is 2.25. The third-order valence-corrected chi connectivity index (χ3v) is 5.19. The summed E-state index contributed by atoms with van der Waals surface area (Å²) in [5, 5.41) is -0.667. The van der Waals surface area contributed by atoms with Gasteiger partial charge < -0.3 is 10.2 Å². The Morgan fingerprint density at radius 1 is 1.33 bits per heavy atom. The SMILES string of the molecule is CCC(CC)S(=O)(=O)c1nc2ccc(N)cc2o1. The molecular formula is C12H16N2O3S. The Labute approximate surface area is 106 Å². The predicted molar refractivity (Wildman–Crippen MR) is 70.0 cm³/mol. The van der Waals surface area contributed by atoms with Gasteiger partial charge in [0.05, 0.1) is 5.25 Å². The van der Waals surface area contributed by atoms with Crippen LogP contribution in [-0.4, -0.2) is 18.7 Å². The zero-order valence-electron chi connectivity index (χ0n) is 10.4. The van der Waals surface area contributed by atoms with Gasteiger partial charge in [-0.2, -0.15) is 4.98 Å². The van der Waals surface area contributed by atoms with Crippen LogP contribution in [-0.2, 0) is 9.84 Å². The second-order valence-corrected chi connectivity index (χ2v) is 6.30. The third kappa shape index (κ3) is 2.08. The van der Waals surface area contributed by atoms with Crippen LogP contribution in [0.25, 0.3) is 11.1 Å². The topological polar surface area (TPSA) is 86.2 Å². The second-order valence-electron chi connectivity index (χ2n) is 4.19. The molecule has 0 atom stereocenters. The average Bonchev–Trinajstić information content (AvgIpc) is 2.73. The monoisotopic (exact) mass is 268 g/mol. The van der Waals surface area contributed by atoms with E-state index in [0.29, 0.717) is 29.6 Å². The Hall–Kier alpha value is -1.56. The molecule has 2 aromatic rings. The summed E-state index contributed by atoms with van der Waals surface area (Å²) >= 11 is 0. The maximum absolute atomic E-state index is 12.3. The number of sulfone groups is 1. The summed E-state index contributed by atoms with van der Waals surface area (Å²) in [7, 11) is -3.49. The average molecular weight is 268 g/mol. The Morgan fingerprint density at radius 3 is 2.61 bits per heavy atom. The van der Waals surface area contributed by atoms with Crippen LogP contribution in [0.2, 0.25) is 0 Å². The Morgan fingerprint density at radius 2 is 2.00 bits per heavy atom. The molecule has 0 spiro atoms. The lowest BCUT2D eigenvalue weighted by molar-refractivity contribution is 0.451. The second kappa shape index (κ2) is 4.61. The highest BCUT2D eigenvalue weighted by Gasteiger charge is 2.29. The number of hydrogen-bond donors (Lipinski definition) is 1. The molecule has 0 saturated heterocycles. The third-order valence-electron chi connectivity index (χ3n) is 2.99. The van der Waals surface area contributed by atoms with Crippen LogP contribution in [0.1, 0.15) is 26.7 Å². The number of oxazole rings is 1. The van der Waals surface area contributed by atoms with Gasteiger partial charge in [0.15, 0.2) is 5.58 Å². The fraction of sp³-hybridized carbons (Fsp3) is 0.417. The molecule has 0 aliphatic carbocycles. The van der Waals surface area contributed by atoms with E-state index in [1.807, 2.05) is 13.8 Å². The summed E-state index contributed by atoms with van der Waals surface area (Å²) in [6, 6.07) is 4.90. The van der Waals surface area contributed by atoms with Crippen LogP contribution in [0.4, 0.5) is 5.69 Å². The smallest absolute Gasteiger partial charge is 0.316 e. The Kier molecular flexibility index (Phi) is 3.30. The maximum atomic E-state index is 12.3. The molecule has 0 aliphatic rings. The molecule has 2 N–H and O–H groups in total. The first-order chi connectivity index (χ1) is 8.48. The van der Waals surface area contributed by atoms with Crippen molar-refractivity contribution in [3.8, 4) is 0 Å². The molecule has 1 aromatic carbocycles. The lowest BCUT2D eigenvalue weighted by Gasteiger charge is -2.09. The van der Waals surface area contributed by atoms with Crippen molar-refractivity contribution in [1.29, 1.82) is 0 Å². The molecule has 5 nitrogen and oxygen atoms in total. The van der Waals surface area contributed by atoms with Crippen LogP contribution >= 0.6 is 0 Å². The van der Waals surface area contributed by atoms with Crippen molar-refractivity contribution in [1.82, 2.24) is 4.98 Å². The van der Waals surface area contributed by atoms with Crippen LogP contribution < -0.4 is 5.73 Å². The highest BCUT2D eigenvalue weighted by atomic mass is 32.2. The maximum Gasteiger partial charge on any atom is 0.316 e. The Bertz CT molecular complexity index is 657. The first kappa shape index (κ1) is 12.9. The van der Waals surface area contributed by atoms with Gasteiger partial charge in [0.1, 0.15) is 5.52 Å². The van der Waals surface area contributed by atoms with E-state index in [1.165, 1.54) is 0 Å². The van der Waals surface area contributed by atoms with Crippen molar-refractivity contribution < 1.29 is 12.8 Å². The number of nitrogens with zero attached hydrogens (tertiary/aromatic N) is 1. The van der Waals surface area contributed by atoms with E-state index in [2.05, 4.69) is 4.98 Å². The van der Waals surface area contributed by atoms with Gasteiger partial charge in [0.2, 0.25) is 9.84 Å². The molecule has 1 heterocycles. The molecule has 6 heteroatoms. The van der Waals surface area contributed by atoms with E-state index < -0.39 is 15.1 Å². The van der Waals surface area contributed by atoms with Crippen molar-refractivity contribution in [2.24, 2.45) is 0 Å². The predicted octanol–water partition coefficient (Wildman–Crippen LogP) is 2.37. The fourth-order valence-electron chi connectivity index (χ4n) is 1.91. The highest BCUT2D eigenvalue weighted by molar-refractivity contribution is 7.91. The minimum absolute atomic E-state index is 0.211. The van der Waals surface area contributed by atoms with E-state index in [9.17, 15) is 8.42 Å². The first-order valence-corrected chi connectivity index (χ1v) is 7.43. The molecular weight excluding hydrogens is 252 g/mol. The Balaban J connectivity index is 2.54. The van der Waals surface area contributed by atoms with Crippen molar-refractivity contribution in [3.63, 3.8) is 0 Å². The molecule has 2 rings (SSSR count). The van der Waals surface area contributed by atoms with Crippen molar-refractivity contribution in [2.75, 3.05) is 5.73 Å². The largest absolute Gasteiger partial charge is 0.428 e. The minimum atomic E-state index is -3.49. The number of aromatic nitrogens is 1. The molecule has 0 aliphatic heterocycles. The van der Waals surface area contributed by atoms with Crippen LogP contribution in [0, 0.1) is 0 Å². The van der Waals surface area contributed by atoms with E-state index in [0.717, 1.165) is 0 Å². The summed E-state index contributed by atoms with van der Waals surface area (Å²) in [5.41, 5.74) is 7.05. The van der Waals surface area contributed by atoms with Gasteiger partial charge in [-0.15, -0.1) is 0 Å². The normalized spacial score (nSPS) is 12.4. The zero-order chi connectivity index (χ0) is 13.3. The standard InChI is InChI=1S/C12H16N2O3S/c1-3-9(4-2)18(15,16)12-14-10-6-5-8(13)7-11(10)17-12/h5-7,9H,3-4,13H2,1-2H3. The number of nitrogens with two attached hydrogens (primary N) is 1. The van der Waals surface area contributed by atoms with Gasteiger partial charge in [-0.25, -0.2) is 8.42 Å². The van der Waals surface area contributed by atoms with Crippen molar-refractivity contribution in [3.05, 3.63) is 18.2 Å². The van der Waals surface area contributed by atoms with E-state index in [-0.39, 0.29) is 5.22 Å². The lowest BCUT2D eigenvalue weighted by atomic mass is 10.3. The number of hydrogen-bond acceptors (Lipinski definition) is 5. The van der Waals surface area contributed by atoms with Crippen molar-refractivity contribution >= 4 is 26.6 Å². The molecule has 0 amide bonds. The molecule has 0 fully saturated rings. The van der Waals surface area contributed by atoms with Crippen LogP contribution in [0.15, 0.2) is 27.8 Å². The summed E-state index contributed by atoms with van der Waals surface area (Å²) < 4.78 is 29.8. The van der Waals surface area contributed by atoms with Crippen LogP contribution in [0.3, 0.4) is 0 Å². The lowest BCUT2D eigenvalue weighted by Crippen LogP contribution is -2.20. The molecule has 18 heavy (non-hydrogen) atoms. The number of benzene rings is 1. The van der Waals surface area contributed by atoms with Crippen molar-refractivity contribution in [2.45, 2.75) is 37.2 Å². The van der Waals surface area contributed by atoms with Gasteiger partial charge in [-0.05, 0) is 25.0 Å². The van der Waals surface area contributed by atoms with Crippen LogP contribution in [0.5, 0.6) is 0 Å². The fourth-order valence-corrected chi connectivity index (χ4v) is 3.51. The molecule has 98 valence electrons. The van der Waals surface area contributed by atoms with E-state index >= 15 is 0 Å². The number of fused-ring (bicyclic) bond motifs is 1. The van der Waals surface area contributed by atoms with Gasteiger partial charge >= 0.3 is 5.22 Å². The summed E-state index contributed by atoms with van der Waals surface area (Å²) in [5.74, 6) is 0. The summed E-state index contributed by atoms with van der Waals surface area (Å²) in [4.78, 5) is 4.03. The van der Waals surface area contributed by atoms with Gasteiger partial charge in [0, 0.05) is 11.8 Å². The molecule has 0 radical (unpaired) electrons. The number of anilines is 1. The zero-order valence-corrected chi connectivity index (χ0v) is 11.2. The van der Waals surface area contributed by atoms with Gasteiger partial charge in [-0.3, -0.25) is 0 Å². The summed E-state index contributed by atoms with van der Waals surface area (Å²) in [6.45, 7) is 3.68. The number of rotatable bonds is 4. The molecule has 0 bridgehead atoms. The van der Waals surface area contributed by atoms with Gasteiger partial charge in [-0.1, -0.05) is 13.8 Å². The molecule has 0 unspecified atom stereocenters. The quantitative estimate of drug-likeness (QED) is 0.860. The molecule has 0 saturated carbocycles. The van der Waals surface area contributed by atoms with Gasteiger partial charge in [0.25, 0.3) is 0 Å². The van der Waals surface area contributed by atoms with E-state index in [4.69, 9.17) is 10.2 Å².